The Morgan fingerprint density at radius 2 is 1.76 bits per heavy atom. The molecule has 0 saturated carbocycles. The van der Waals surface area contributed by atoms with E-state index < -0.39 is 9.85 Å². The minimum absolute atomic E-state index is 0.278. The SMILES string of the molecule is O=[N+]([O-])c1ccc(N2C=CC=C(Cc3ccccc3)C2)c([N+](=O)[O-])c1. The monoisotopic (exact) mass is 337 g/mol. The smallest absolute Gasteiger partial charge is 0.299 e. The van der Waals surface area contributed by atoms with Gasteiger partial charge in [-0.25, -0.2) is 0 Å². The molecule has 0 spiro atoms. The Morgan fingerprint density at radius 1 is 1.00 bits per heavy atom. The summed E-state index contributed by atoms with van der Waals surface area (Å²) in [5.74, 6) is 0. The van der Waals surface area contributed by atoms with Crippen molar-refractivity contribution in [2.45, 2.75) is 6.42 Å². The minimum Gasteiger partial charge on any atom is -0.338 e. The lowest BCUT2D eigenvalue weighted by Gasteiger charge is -2.24. The van der Waals surface area contributed by atoms with Crippen LogP contribution in [-0.4, -0.2) is 16.4 Å². The normalized spacial score (nSPS) is 13.4. The highest BCUT2D eigenvalue weighted by molar-refractivity contribution is 5.69. The summed E-state index contributed by atoms with van der Waals surface area (Å²) in [6.07, 6.45) is 6.29. The lowest BCUT2D eigenvalue weighted by molar-refractivity contribution is -0.393. The zero-order valence-electron chi connectivity index (χ0n) is 13.2. The molecular weight excluding hydrogens is 322 g/mol. The summed E-state index contributed by atoms with van der Waals surface area (Å²) >= 11 is 0. The zero-order valence-corrected chi connectivity index (χ0v) is 13.2. The molecule has 0 saturated heterocycles. The quantitative estimate of drug-likeness (QED) is 0.607. The van der Waals surface area contributed by atoms with Gasteiger partial charge >= 0.3 is 0 Å². The van der Waals surface area contributed by atoms with Crippen LogP contribution in [0.3, 0.4) is 0 Å². The van der Waals surface area contributed by atoms with Gasteiger partial charge in [0.25, 0.3) is 11.4 Å². The molecule has 7 heteroatoms. The third-order valence-corrected chi connectivity index (χ3v) is 3.92. The van der Waals surface area contributed by atoms with Crippen LogP contribution in [0, 0.1) is 20.2 Å². The van der Waals surface area contributed by atoms with E-state index in [0.29, 0.717) is 12.2 Å². The number of allylic oxidation sites excluding steroid dienone is 2. The number of hydrogen-bond acceptors (Lipinski definition) is 5. The molecule has 0 aliphatic carbocycles. The molecule has 2 aromatic rings. The first-order valence-corrected chi connectivity index (χ1v) is 7.64. The van der Waals surface area contributed by atoms with E-state index in [1.54, 1.807) is 11.1 Å². The maximum atomic E-state index is 11.3. The molecule has 0 aromatic heterocycles. The number of benzene rings is 2. The summed E-state index contributed by atoms with van der Waals surface area (Å²) in [4.78, 5) is 22.7. The van der Waals surface area contributed by atoms with Crippen molar-refractivity contribution in [3.63, 3.8) is 0 Å². The van der Waals surface area contributed by atoms with E-state index >= 15 is 0 Å². The number of rotatable bonds is 5. The van der Waals surface area contributed by atoms with E-state index in [4.69, 9.17) is 0 Å². The van der Waals surface area contributed by atoms with Gasteiger partial charge in [0.05, 0.1) is 15.9 Å². The first-order chi connectivity index (χ1) is 12.0. The molecule has 25 heavy (non-hydrogen) atoms. The maximum absolute atomic E-state index is 11.3. The summed E-state index contributed by atoms with van der Waals surface area (Å²) in [5.41, 5.74) is 2.02. The summed E-state index contributed by atoms with van der Waals surface area (Å²) in [7, 11) is 0. The van der Waals surface area contributed by atoms with Crippen LogP contribution in [-0.2, 0) is 6.42 Å². The average molecular weight is 337 g/mol. The molecule has 0 N–H and O–H groups in total. The standard InChI is InChI=1S/C18H15N3O4/c22-20(23)16-8-9-17(18(12-16)21(24)25)19-10-4-7-15(13-19)11-14-5-2-1-3-6-14/h1-10,12H,11,13H2. The van der Waals surface area contributed by atoms with Crippen molar-refractivity contribution >= 4 is 17.1 Å². The number of nitro groups is 2. The van der Waals surface area contributed by atoms with Crippen molar-refractivity contribution in [3.8, 4) is 0 Å². The summed E-state index contributed by atoms with van der Waals surface area (Å²) in [6, 6.07) is 13.6. The highest BCUT2D eigenvalue weighted by Crippen LogP contribution is 2.33. The molecule has 0 unspecified atom stereocenters. The maximum Gasteiger partial charge on any atom is 0.299 e. The van der Waals surface area contributed by atoms with E-state index in [1.165, 1.54) is 12.1 Å². The van der Waals surface area contributed by atoms with Crippen LogP contribution in [0.25, 0.3) is 0 Å². The van der Waals surface area contributed by atoms with E-state index in [0.717, 1.165) is 23.6 Å². The van der Waals surface area contributed by atoms with Crippen molar-refractivity contribution in [2.24, 2.45) is 0 Å². The molecule has 0 fully saturated rings. The Bertz CT molecular complexity index is 875. The van der Waals surface area contributed by atoms with Gasteiger partial charge in [-0.05, 0) is 29.7 Å². The zero-order chi connectivity index (χ0) is 17.8. The number of non-ortho nitro benzene ring substituents is 1. The molecule has 1 heterocycles. The van der Waals surface area contributed by atoms with Crippen molar-refractivity contribution in [1.29, 1.82) is 0 Å². The van der Waals surface area contributed by atoms with E-state index in [9.17, 15) is 20.2 Å². The fourth-order valence-electron chi connectivity index (χ4n) is 2.76. The lowest BCUT2D eigenvalue weighted by Crippen LogP contribution is -2.23. The summed E-state index contributed by atoms with van der Waals surface area (Å²) < 4.78 is 0. The highest BCUT2D eigenvalue weighted by atomic mass is 16.6. The Balaban J connectivity index is 1.85. The Morgan fingerprint density at radius 3 is 2.44 bits per heavy atom. The van der Waals surface area contributed by atoms with E-state index in [1.807, 2.05) is 42.5 Å². The number of hydrogen-bond donors (Lipinski definition) is 0. The van der Waals surface area contributed by atoms with Gasteiger partial charge in [0.15, 0.2) is 0 Å². The molecule has 1 aliphatic rings. The molecule has 2 aromatic carbocycles. The van der Waals surface area contributed by atoms with Gasteiger partial charge in [0, 0.05) is 18.8 Å². The second kappa shape index (κ2) is 6.96. The molecular formula is C18H15N3O4. The molecule has 0 amide bonds. The average Bonchev–Trinajstić information content (AvgIpc) is 2.62. The molecule has 0 radical (unpaired) electrons. The van der Waals surface area contributed by atoms with Crippen LogP contribution in [0.4, 0.5) is 17.1 Å². The fraction of sp³-hybridized carbons (Fsp3) is 0.111. The van der Waals surface area contributed by atoms with Gasteiger partial charge in [0.2, 0.25) is 0 Å². The molecule has 3 rings (SSSR count). The Kier molecular flexibility index (Phi) is 4.56. The van der Waals surface area contributed by atoms with Crippen molar-refractivity contribution < 1.29 is 9.85 Å². The molecule has 7 nitrogen and oxygen atoms in total. The molecule has 0 bridgehead atoms. The van der Waals surface area contributed by atoms with Crippen molar-refractivity contribution in [2.75, 3.05) is 11.4 Å². The first kappa shape index (κ1) is 16.4. The van der Waals surface area contributed by atoms with Crippen LogP contribution < -0.4 is 4.90 Å². The van der Waals surface area contributed by atoms with Crippen molar-refractivity contribution in [1.82, 2.24) is 0 Å². The van der Waals surface area contributed by atoms with Gasteiger partial charge in [-0.2, -0.15) is 0 Å². The van der Waals surface area contributed by atoms with Gasteiger partial charge in [-0.1, -0.05) is 36.4 Å². The lowest BCUT2D eigenvalue weighted by atomic mass is 10.0. The largest absolute Gasteiger partial charge is 0.338 e. The molecule has 1 aliphatic heterocycles. The predicted molar refractivity (Wildman–Crippen MR) is 94.5 cm³/mol. The van der Waals surface area contributed by atoms with Crippen LogP contribution in [0.15, 0.2) is 72.5 Å². The minimum atomic E-state index is -0.635. The van der Waals surface area contributed by atoms with Gasteiger partial charge in [0.1, 0.15) is 5.69 Å². The molecule has 126 valence electrons. The predicted octanol–water partition coefficient (Wildman–Crippen LogP) is 4.01. The highest BCUT2D eigenvalue weighted by Gasteiger charge is 2.23. The van der Waals surface area contributed by atoms with E-state index in [2.05, 4.69) is 0 Å². The summed E-state index contributed by atoms with van der Waals surface area (Å²) in [5, 5.41) is 22.2. The number of nitro benzene ring substituents is 2. The van der Waals surface area contributed by atoms with E-state index in [-0.39, 0.29) is 11.4 Å². The second-order valence-electron chi connectivity index (χ2n) is 5.64. The van der Waals surface area contributed by atoms with Crippen molar-refractivity contribution in [3.05, 3.63) is 98.2 Å². The van der Waals surface area contributed by atoms with Crippen LogP contribution in [0.1, 0.15) is 5.56 Å². The third-order valence-electron chi connectivity index (χ3n) is 3.92. The number of anilines is 1. The Hall–Kier alpha value is -3.48. The van der Waals surface area contributed by atoms with Gasteiger partial charge in [-0.3, -0.25) is 20.2 Å². The Labute approximate surface area is 143 Å². The van der Waals surface area contributed by atoms with Crippen LogP contribution >= 0.6 is 0 Å². The van der Waals surface area contributed by atoms with Gasteiger partial charge in [-0.15, -0.1) is 0 Å². The third kappa shape index (κ3) is 3.72. The fourth-order valence-corrected chi connectivity index (χ4v) is 2.76. The first-order valence-electron chi connectivity index (χ1n) is 7.64. The topological polar surface area (TPSA) is 89.5 Å². The van der Waals surface area contributed by atoms with Crippen LogP contribution in [0.2, 0.25) is 0 Å². The van der Waals surface area contributed by atoms with Crippen LogP contribution in [0.5, 0.6) is 0 Å². The van der Waals surface area contributed by atoms with Gasteiger partial charge < -0.3 is 4.90 Å². The second-order valence-corrected chi connectivity index (χ2v) is 5.64. The number of nitrogens with zero attached hydrogens (tertiary/aromatic N) is 3. The molecule has 0 atom stereocenters. The summed E-state index contributed by atoms with van der Waals surface area (Å²) in [6.45, 7) is 0.490.